The second-order valence-electron chi connectivity index (χ2n) is 12.2. The van der Waals surface area contributed by atoms with Crippen molar-refractivity contribution in [1.82, 2.24) is 19.9 Å². The number of aromatic nitrogens is 4. The van der Waals surface area contributed by atoms with Crippen molar-refractivity contribution in [1.29, 1.82) is 0 Å². The number of hydrogen-bond donors (Lipinski definition) is 1. The normalized spacial score (nSPS) is 11.3. The number of fused-ring (bicyclic) bond motifs is 2. The van der Waals surface area contributed by atoms with Crippen LogP contribution in [0.15, 0.2) is 176 Å². The van der Waals surface area contributed by atoms with Gasteiger partial charge in [-0.1, -0.05) is 140 Å². The molecule has 9 aromatic rings. The minimum Gasteiger partial charge on any atom is -0.342 e. The molecule has 230 valence electrons. The Morgan fingerprint density at radius 1 is 0.388 bits per heavy atom. The van der Waals surface area contributed by atoms with Gasteiger partial charge in [-0.25, -0.2) is 15.0 Å². The number of aromatic amines is 1. The zero-order chi connectivity index (χ0) is 32.6. The summed E-state index contributed by atoms with van der Waals surface area (Å²) >= 11 is 0. The molecule has 0 atom stereocenters. The molecule has 49 heavy (non-hydrogen) atoms. The van der Waals surface area contributed by atoms with Crippen molar-refractivity contribution in [3.63, 3.8) is 0 Å². The van der Waals surface area contributed by atoms with Crippen LogP contribution >= 0.6 is 0 Å². The molecule has 0 aliphatic rings. The summed E-state index contributed by atoms with van der Waals surface area (Å²) in [4.78, 5) is 17.7. The summed E-state index contributed by atoms with van der Waals surface area (Å²) in [6.45, 7) is 0. The van der Waals surface area contributed by atoms with Gasteiger partial charge in [0.1, 0.15) is 5.69 Å². The second kappa shape index (κ2) is 12.2. The van der Waals surface area contributed by atoms with E-state index < -0.39 is 0 Å². The second-order valence-corrected chi connectivity index (χ2v) is 12.2. The Kier molecular flexibility index (Phi) is 7.10. The number of hydrogen-bond acceptors (Lipinski definition) is 3. The topological polar surface area (TPSA) is 54.5 Å². The van der Waals surface area contributed by atoms with Gasteiger partial charge in [0.05, 0.1) is 23.9 Å². The molecule has 9 rings (SSSR count). The summed E-state index contributed by atoms with van der Waals surface area (Å²) in [6, 6.07) is 58.2. The van der Waals surface area contributed by atoms with Crippen molar-refractivity contribution >= 4 is 21.5 Å². The van der Waals surface area contributed by atoms with E-state index in [2.05, 4.69) is 168 Å². The standard InChI is InChI=1S/C45H30N4/c1-2-10-30(11-3-1)31-20-22-34(23-21-31)42-27-43(49-45(48-42)44-28-46-29-47-44)37-25-35(40-18-8-14-32-12-4-6-16-38(32)40)24-36(26-37)41-19-9-15-33-13-5-7-17-39(33)41/h1-29H,(H,46,47). The summed E-state index contributed by atoms with van der Waals surface area (Å²) in [5.41, 5.74) is 11.5. The van der Waals surface area contributed by atoms with Gasteiger partial charge < -0.3 is 4.98 Å². The number of nitrogens with one attached hydrogen (secondary N) is 1. The Hall–Kier alpha value is -6.65. The van der Waals surface area contributed by atoms with Gasteiger partial charge in [0, 0.05) is 11.1 Å². The van der Waals surface area contributed by atoms with E-state index in [-0.39, 0.29) is 0 Å². The van der Waals surface area contributed by atoms with Crippen molar-refractivity contribution in [2.24, 2.45) is 0 Å². The zero-order valence-corrected chi connectivity index (χ0v) is 26.6. The third kappa shape index (κ3) is 5.45. The van der Waals surface area contributed by atoms with Crippen LogP contribution in [-0.2, 0) is 0 Å². The van der Waals surface area contributed by atoms with Crippen LogP contribution in [0.1, 0.15) is 0 Å². The van der Waals surface area contributed by atoms with Gasteiger partial charge in [-0.2, -0.15) is 0 Å². The fourth-order valence-electron chi connectivity index (χ4n) is 6.75. The Morgan fingerprint density at radius 3 is 1.51 bits per heavy atom. The van der Waals surface area contributed by atoms with Crippen molar-refractivity contribution in [3.05, 3.63) is 176 Å². The summed E-state index contributed by atoms with van der Waals surface area (Å²) in [6.07, 6.45) is 3.44. The van der Waals surface area contributed by atoms with E-state index in [9.17, 15) is 0 Å². The SMILES string of the molecule is c1ccc(-c2ccc(-c3cc(-c4cc(-c5cccc6ccccc56)cc(-c5cccc6ccccc56)c4)nc(-c4cnc[nH]4)n3)cc2)cc1. The molecule has 0 fully saturated rings. The first-order valence-corrected chi connectivity index (χ1v) is 16.4. The Balaban J connectivity index is 1.26. The van der Waals surface area contributed by atoms with Gasteiger partial charge in [0.15, 0.2) is 5.82 Å². The van der Waals surface area contributed by atoms with Gasteiger partial charge in [0.25, 0.3) is 0 Å². The predicted molar refractivity (Wildman–Crippen MR) is 202 cm³/mol. The molecule has 0 aliphatic carbocycles. The van der Waals surface area contributed by atoms with Crippen LogP contribution in [0.5, 0.6) is 0 Å². The Morgan fingerprint density at radius 2 is 0.898 bits per heavy atom. The first-order valence-electron chi connectivity index (χ1n) is 16.4. The van der Waals surface area contributed by atoms with E-state index in [1.165, 1.54) is 38.2 Å². The van der Waals surface area contributed by atoms with E-state index in [0.717, 1.165) is 44.9 Å². The summed E-state index contributed by atoms with van der Waals surface area (Å²) in [5.74, 6) is 0.597. The summed E-state index contributed by atoms with van der Waals surface area (Å²) < 4.78 is 0. The third-order valence-corrected chi connectivity index (χ3v) is 9.18. The predicted octanol–water partition coefficient (Wildman–Crippen LogP) is 11.5. The Labute approximate surface area is 284 Å². The maximum atomic E-state index is 5.15. The fraction of sp³-hybridized carbons (Fsp3) is 0. The van der Waals surface area contributed by atoms with Crippen LogP contribution in [-0.4, -0.2) is 19.9 Å². The molecule has 2 heterocycles. The molecule has 0 radical (unpaired) electrons. The number of rotatable bonds is 6. The van der Waals surface area contributed by atoms with Crippen LogP contribution in [0.4, 0.5) is 0 Å². The molecule has 0 saturated heterocycles. The van der Waals surface area contributed by atoms with Gasteiger partial charge >= 0.3 is 0 Å². The van der Waals surface area contributed by atoms with Crippen LogP contribution in [0, 0.1) is 0 Å². The molecule has 0 bridgehead atoms. The number of nitrogens with zero attached hydrogens (tertiary/aromatic N) is 3. The van der Waals surface area contributed by atoms with Crippen molar-refractivity contribution in [3.8, 4) is 67.4 Å². The van der Waals surface area contributed by atoms with E-state index >= 15 is 0 Å². The van der Waals surface area contributed by atoms with E-state index in [4.69, 9.17) is 9.97 Å². The smallest absolute Gasteiger partial charge is 0.178 e. The van der Waals surface area contributed by atoms with Crippen LogP contribution in [0.3, 0.4) is 0 Å². The highest BCUT2D eigenvalue weighted by Crippen LogP contribution is 2.38. The highest BCUT2D eigenvalue weighted by molar-refractivity contribution is 6.01. The van der Waals surface area contributed by atoms with E-state index in [0.29, 0.717) is 5.82 Å². The van der Waals surface area contributed by atoms with Crippen molar-refractivity contribution in [2.75, 3.05) is 0 Å². The quantitative estimate of drug-likeness (QED) is 0.200. The molecule has 1 N–H and O–H groups in total. The first kappa shape index (κ1) is 28.6. The minimum atomic E-state index is 0.597. The van der Waals surface area contributed by atoms with Crippen LogP contribution in [0.25, 0.3) is 89.0 Å². The molecule has 7 aromatic carbocycles. The number of imidazole rings is 1. The van der Waals surface area contributed by atoms with Gasteiger partial charge in [-0.3, -0.25) is 0 Å². The molecule has 4 nitrogen and oxygen atoms in total. The monoisotopic (exact) mass is 626 g/mol. The molecular formula is C45H30N4. The lowest BCUT2D eigenvalue weighted by molar-refractivity contribution is 1.16. The highest BCUT2D eigenvalue weighted by atomic mass is 15.0. The van der Waals surface area contributed by atoms with Crippen LogP contribution < -0.4 is 0 Å². The highest BCUT2D eigenvalue weighted by Gasteiger charge is 2.16. The van der Waals surface area contributed by atoms with Gasteiger partial charge in [-0.15, -0.1) is 0 Å². The average molecular weight is 627 g/mol. The van der Waals surface area contributed by atoms with Crippen molar-refractivity contribution in [2.45, 2.75) is 0 Å². The van der Waals surface area contributed by atoms with Crippen LogP contribution in [0.2, 0.25) is 0 Å². The molecule has 0 unspecified atom stereocenters. The average Bonchev–Trinajstić information content (AvgIpc) is 3.73. The number of H-pyrrole nitrogens is 1. The lowest BCUT2D eigenvalue weighted by Gasteiger charge is -2.15. The maximum Gasteiger partial charge on any atom is 0.178 e. The maximum absolute atomic E-state index is 5.15. The molecule has 0 amide bonds. The van der Waals surface area contributed by atoms with Gasteiger partial charge in [0.2, 0.25) is 0 Å². The molecule has 0 aliphatic heterocycles. The molecule has 0 spiro atoms. The molecule has 2 aromatic heterocycles. The first-order chi connectivity index (χ1) is 24.3. The lowest BCUT2D eigenvalue weighted by Crippen LogP contribution is -1.97. The molecule has 4 heteroatoms. The largest absolute Gasteiger partial charge is 0.342 e. The Bertz CT molecular complexity index is 2480. The van der Waals surface area contributed by atoms with E-state index in [1.807, 2.05) is 6.07 Å². The van der Waals surface area contributed by atoms with E-state index in [1.54, 1.807) is 12.5 Å². The fourth-order valence-corrected chi connectivity index (χ4v) is 6.75. The lowest BCUT2D eigenvalue weighted by atomic mass is 9.90. The van der Waals surface area contributed by atoms with Crippen molar-refractivity contribution < 1.29 is 0 Å². The van der Waals surface area contributed by atoms with Gasteiger partial charge in [-0.05, 0) is 79.2 Å². The number of benzene rings is 7. The zero-order valence-electron chi connectivity index (χ0n) is 26.6. The minimum absolute atomic E-state index is 0.597. The molecule has 0 saturated carbocycles. The summed E-state index contributed by atoms with van der Waals surface area (Å²) in [7, 11) is 0. The third-order valence-electron chi connectivity index (χ3n) is 9.18. The molecular weight excluding hydrogens is 597 g/mol. The summed E-state index contributed by atoms with van der Waals surface area (Å²) in [5, 5.41) is 4.85.